The topological polar surface area (TPSA) is 0 Å². The van der Waals surface area contributed by atoms with Gasteiger partial charge in [-0.05, 0) is 0 Å². The molecule has 0 saturated heterocycles. The van der Waals surface area contributed by atoms with E-state index in [9.17, 15) is 0 Å². The molecule has 4 heteroatoms. The minimum absolute atomic E-state index is 0. The molecule has 0 radical (unpaired) electrons. The van der Waals surface area contributed by atoms with Crippen LogP contribution in [-0.2, 0) is 19.5 Å². The largest absolute Gasteiger partial charge is 2.00 e. The van der Waals surface area contributed by atoms with Gasteiger partial charge in [-0.15, -0.1) is 0 Å². The molecule has 0 aromatic heterocycles. The minimum atomic E-state index is 0. The summed E-state index contributed by atoms with van der Waals surface area (Å²) < 4.78 is 0. The van der Waals surface area contributed by atoms with E-state index in [-0.39, 0.29) is 99.1 Å². The molecule has 0 aliphatic rings. The van der Waals surface area contributed by atoms with Crippen LogP contribution in [0.15, 0.2) is 0 Å². The maximum atomic E-state index is 0. The van der Waals surface area contributed by atoms with Crippen LogP contribution in [0.25, 0.3) is 0 Å². The molecule has 0 amide bonds. The zero-order valence-corrected chi connectivity index (χ0v) is 12.1. The maximum Gasteiger partial charge on any atom is 2.00 e. The van der Waals surface area contributed by atoms with Gasteiger partial charge in [-0.1, -0.05) is 0 Å². The van der Waals surface area contributed by atoms with E-state index in [0.29, 0.717) is 0 Å². The van der Waals surface area contributed by atoms with E-state index >= 15 is 0 Å². The maximum absolute atomic E-state index is 0. The van der Waals surface area contributed by atoms with Crippen LogP contribution in [0.4, 0.5) is 0 Å². The summed E-state index contributed by atoms with van der Waals surface area (Å²) >= 11 is 0. The van der Waals surface area contributed by atoms with Gasteiger partial charge in [0.15, 0.2) is 0 Å². The van der Waals surface area contributed by atoms with Crippen LogP contribution in [0.1, 0.15) is 0 Å². The van der Waals surface area contributed by atoms with Crippen molar-refractivity contribution in [3.8, 4) is 0 Å². The summed E-state index contributed by atoms with van der Waals surface area (Å²) in [6, 6.07) is 0. The van der Waals surface area contributed by atoms with Crippen LogP contribution < -0.4 is 0 Å². The molecule has 16 valence electrons. The molecule has 0 atom stereocenters. The van der Waals surface area contributed by atoms with E-state index in [1.165, 1.54) is 0 Å². The molecule has 0 unspecified atom stereocenters. The Morgan fingerprint density at radius 2 is 0.750 bits per heavy atom. The van der Waals surface area contributed by atoms with Crippen molar-refractivity contribution in [3.63, 3.8) is 0 Å². The van der Waals surface area contributed by atoms with E-state index < -0.39 is 0 Å². The fourth-order valence-electron chi connectivity index (χ4n) is 0. The summed E-state index contributed by atoms with van der Waals surface area (Å²) in [6.07, 6.45) is 0. The van der Waals surface area contributed by atoms with Gasteiger partial charge in [0.2, 0.25) is 0 Å². The Morgan fingerprint density at radius 1 is 0.750 bits per heavy atom. The minimum Gasteiger partial charge on any atom is -2.00 e. The predicted octanol–water partition coefficient (Wildman–Crippen LogP) is -1.14. The van der Waals surface area contributed by atoms with Crippen molar-refractivity contribution in [1.29, 1.82) is 0 Å². The zero-order chi connectivity index (χ0) is 0. The first-order valence-corrected chi connectivity index (χ1v) is 0. The van der Waals surface area contributed by atoms with Crippen LogP contribution in [0.2, 0.25) is 0 Å². The predicted molar refractivity (Wildman–Crippen MR) is 17.3 cm³/mol. The standard InChI is InChI=1S/2Se.Sr.Zn/q2*-2;2*+2. The van der Waals surface area contributed by atoms with Gasteiger partial charge in [0, 0.05) is 0 Å². The molecule has 0 aromatic carbocycles. The van der Waals surface area contributed by atoms with Crippen molar-refractivity contribution < 1.29 is 19.5 Å². The first-order chi connectivity index (χ1) is 0. The van der Waals surface area contributed by atoms with E-state index in [0.717, 1.165) is 0 Å². The SMILES string of the molecule is [Se-2].[Se-2].[Sr+2].[Zn+2]. The molecule has 0 rings (SSSR count). The third-order valence-corrected chi connectivity index (χ3v) is 0. The Hall–Kier alpha value is 3.14. The Morgan fingerprint density at radius 3 is 0.750 bits per heavy atom. The zero-order valence-electron chi connectivity index (χ0n) is 2.23. The molecule has 0 aliphatic heterocycles. The molecular formula is Se2SrZn. The van der Waals surface area contributed by atoms with Gasteiger partial charge in [0.05, 0.1) is 0 Å². The second-order valence-corrected chi connectivity index (χ2v) is 0. The molecule has 0 N–H and O–H groups in total. The van der Waals surface area contributed by atoms with E-state index in [4.69, 9.17) is 0 Å². The van der Waals surface area contributed by atoms with Crippen molar-refractivity contribution >= 4 is 79.6 Å². The van der Waals surface area contributed by atoms with Crippen molar-refractivity contribution in [2.45, 2.75) is 0 Å². The summed E-state index contributed by atoms with van der Waals surface area (Å²) in [5.41, 5.74) is 0. The van der Waals surface area contributed by atoms with Gasteiger partial charge in [-0.3, -0.25) is 0 Å². The van der Waals surface area contributed by atoms with Gasteiger partial charge < -0.3 is 34.1 Å². The van der Waals surface area contributed by atoms with E-state index in [2.05, 4.69) is 0 Å². The second-order valence-electron chi connectivity index (χ2n) is 0. The smallest absolute Gasteiger partial charge is 2.00 e. The molecule has 4 heavy (non-hydrogen) atoms. The van der Waals surface area contributed by atoms with Crippen molar-refractivity contribution in [3.05, 3.63) is 0 Å². The van der Waals surface area contributed by atoms with E-state index in [1.807, 2.05) is 0 Å². The quantitative estimate of drug-likeness (QED) is 0.496. The fourth-order valence-corrected chi connectivity index (χ4v) is 0. The van der Waals surface area contributed by atoms with Crippen molar-refractivity contribution in [2.24, 2.45) is 0 Å². The molecule has 0 spiro atoms. The first kappa shape index (κ1) is 27.3. The van der Waals surface area contributed by atoms with Gasteiger partial charge >= 0.3 is 65.0 Å². The van der Waals surface area contributed by atoms with Gasteiger partial charge in [-0.25, -0.2) is 0 Å². The van der Waals surface area contributed by atoms with Crippen LogP contribution in [0, 0.1) is 0 Å². The third kappa shape index (κ3) is 8.94. The molecular weight excluding hydrogens is 311 g/mol. The average Bonchev–Trinajstić information content (AvgIpc) is 0. The molecule has 0 aliphatic carbocycles. The monoisotopic (exact) mass is 312 g/mol. The molecule has 0 heterocycles. The Balaban J connectivity index is 0. The molecule has 0 nitrogen and oxygen atoms in total. The van der Waals surface area contributed by atoms with Gasteiger partial charge in [0.25, 0.3) is 0 Å². The van der Waals surface area contributed by atoms with Crippen LogP contribution in [-0.4, -0.2) is 79.6 Å². The Bertz CT molecular complexity index is 6.00. The molecule has 0 aromatic rings. The van der Waals surface area contributed by atoms with E-state index in [1.54, 1.807) is 0 Å². The third-order valence-electron chi connectivity index (χ3n) is 0. The average molecular weight is 311 g/mol. The van der Waals surface area contributed by atoms with Gasteiger partial charge in [-0.2, -0.15) is 0 Å². The number of hydrogen-bond donors (Lipinski definition) is 0. The summed E-state index contributed by atoms with van der Waals surface area (Å²) in [4.78, 5) is 0. The molecule has 0 saturated carbocycles. The summed E-state index contributed by atoms with van der Waals surface area (Å²) in [5, 5.41) is 0. The number of hydrogen-bond acceptors (Lipinski definition) is 0. The van der Waals surface area contributed by atoms with Crippen molar-refractivity contribution in [2.75, 3.05) is 0 Å². The van der Waals surface area contributed by atoms with Crippen LogP contribution >= 0.6 is 0 Å². The Kier molecular flexibility index (Phi) is 112. The van der Waals surface area contributed by atoms with Crippen LogP contribution in [0.3, 0.4) is 0 Å². The number of rotatable bonds is 0. The summed E-state index contributed by atoms with van der Waals surface area (Å²) in [5.74, 6) is 0. The van der Waals surface area contributed by atoms with Crippen LogP contribution in [0.5, 0.6) is 0 Å². The first-order valence-electron chi connectivity index (χ1n) is 0. The molecule has 0 fully saturated rings. The second kappa shape index (κ2) is 16.4. The normalized spacial score (nSPS) is 0. The molecule has 0 bridgehead atoms. The summed E-state index contributed by atoms with van der Waals surface area (Å²) in [7, 11) is 0. The van der Waals surface area contributed by atoms with Gasteiger partial charge in [0.1, 0.15) is 0 Å². The summed E-state index contributed by atoms with van der Waals surface area (Å²) in [6.45, 7) is 0. The van der Waals surface area contributed by atoms with Crippen molar-refractivity contribution in [1.82, 2.24) is 0 Å². The Labute approximate surface area is 96.8 Å². The fraction of sp³-hybridized carbons (Fsp3) is 0.